The van der Waals surface area contributed by atoms with Crippen molar-refractivity contribution in [1.29, 1.82) is 0 Å². The quantitative estimate of drug-likeness (QED) is 0.297. The van der Waals surface area contributed by atoms with Crippen LogP contribution < -0.4 is 5.32 Å². The van der Waals surface area contributed by atoms with Crippen molar-refractivity contribution >= 4 is 32.3 Å². The molecule has 1 amide bonds. The molecule has 5 nitrogen and oxygen atoms in total. The van der Waals surface area contributed by atoms with E-state index in [1.807, 2.05) is 54.6 Å². The summed E-state index contributed by atoms with van der Waals surface area (Å²) in [4.78, 5) is 13.2. The van der Waals surface area contributed by atoms with Crippen molar-refractivity contribution in [2.45, 2.75) is 17.2 Å². The molecule has 0 aliphatic rings. The first-order valence-corrected chi connectivity index (χ1v) is 13.1. The molecule has 5 aromatic rings. The summed E-state index contributed by atoms with van der Waals surface area (Å²) in [6.07, 6.45) is 1.49. The summed E-state index contributed by atoms with van der Waals surface area (Å²) < 4.78 is 41.8. The van der Waals surface area contributed by atoms with Gasteiger partial charge in [0.15, 0.2) is 9.84 Å². The molecule has 0 radical (unpaired) electrons. The van der Waals surface area contributed by atoms with Crippen LogP contribution in [0.3, 0.4) is 0 Å². The molecule has 36 heavy (non-hydrogen) atoms. The molecule has 0 atom stereocenters. The number of carbonyl (C=O) groups is 1. The van der Waals surface area contributed by atoms with Crippen LogP contribution in [0.5, 0.6) is 0 Å². The van der Waals surface area contributed by atoms with Gasteiger partial charge in [-0.2, -0.15) is 0 Å². The number of hydrogen-bond acceptors (Lipinski definition) is 3. The van der Waals surface area contributed by atoms with Crippen molar-refractivity contribution in [2.75, 3.05) is 5.32 Å². The maximum Gasteiger partial charge on any atom is 0.244 e. The zero-order valence-corrected chi connectivity index (χ0v) is 20.1. The Morgan fingerprint density at radius 1 is 0.833 bits per heavy atom. The fourth-order valence-electron chi connectivity index (χ4n) is 4.32. The summed E-state index contributed by atoms with van der Waals surface area (Å²) in [7, 11) is -3.79. The van der Waals surface area contributed by atoms with E-state index in [1.54, 1.807) is 34.9 Å². The molecule has 0 fully saturated rings. The Labute approximate surface area is 208 Å². The molecule has 0 saturated heterocycles. The van der Waals surface area contributed by atoms with Gasteiger partial charge in [0.1, 0.15) is 12.4 Å². The van der Waals surface area contributed by atoms with Crippen LogP contribution in [0.25, 0.3) is 22.0 Å². The summed E-state index contributed by atoms with van der Waals surface area (Å²) in [6.45, 7) is -0.0703. The Hall–Kier alpha value is -4.23. The Morgan fingerprint density at radius 3 is 2.36 bits per heavy atom. The Morgan fingerprint density at radius 2 is 1.56 bits per heavy atom. The third kappa shape index (κ3) is 4.92. The standard InChI is InChI=1S/C29H23FN2O3S/c30-23-12-8-9-21(17-23)20-36(34,35)28-18-32(27-16-7-5-14-25(27)28)19-29(33)31-26-15-6-4-13-24(26)22-10-2-1-3-11-22/h1-18H,19-20H2,(H,31,33). The van der Waals surface area contributed by atoms with Gasteiger partial charge in [-0.05, 0) is 35.4 Å². The Kier molecular flexibility index (Phi) is 6.40. The van der Waals surface area contributed by atoms with Gasteiger partial charge in [-0.3, -0.25) is 4.79 Å². The number of aromatic nitrogens is 1. The van der Waals surface area contributed by atoms with E-state index in [0.717, 1.165) is 11.1 Å². The van der Waals surface area contributed by atoms with E-state index in [4.69, 9.17) is 0 Å². The summed E-state index contributed by atoms with van der Waals surface area (Å²) in [5.74, 6) is -1.11. The van der Waals surface area contributed by atoms with Gasteiger partial charge in [-0.15, -0.1) is 0 Å². The van der Waals surface area contributed by atoms with Crippen molar-refractivity contribution in [2.24, 2.45) is 0 Å². The number of carbonyl (C=O) groups excluding carboxylic acids is 1. The molecule has 180 valence electrons. The first kappa shape index (κ1) is 23.5. The number of sulfone groups is 1. The van der Waals surface area contributed by atoms with Crippen molar-refractivity contribution in [3.63, 3.8) is 0 Å². The lowest BCUT2D eigenvalue weighted by molar-refractivity contribution is -0.116. The summed E-state index contributed by atoms with van der Waals surface area (Å²) in [5, 5.41) is 3.49. The minimum atomic E-state index is -3.79. The first-order valence-electron chi connectivity index (χ1n) is 11.4. The van der Waals surface area contributed by atoms with E-state index in [2.05, 4.69) is 5.32 Å². The third-order valence-electron chi connectivity index (χ3n) is 5.93. The number of nitrogens with one attached hydrogen (secondary N) is 1. The molecule has 4 aromatic carbocycles. The molecule has 1 N–H and O–H groups in total. The summed E-state index contributed by atoms with van der Waals surface area (Å²) in [5.41, 5.74) is 3.53. The number of fused-ring (bicyclic) bond motifs is 1. The van der Waals surface area contributed by atoms with Crippen LogP contribution in [0.2, 0.25) is 0 Å². The fourth-order valence-corrected chi connectivity index (χ4v) is 5.89. The number of para-hydroxylation sites is 2. The molecule has 5 rings (SSSR count). The largest absolute Gasteiger partial charge is 0.337 e. The normalized spacial score (nSPS) is 11.5. The van der Waals surface area contributed by atoms with E-state index in [-0.39, 0.29) is 23.1 Å². The lowest BCUT2D eigenvalue weighted by Gasteiger charge is -2.12. The van der Waals surface area contributed by atoms with Crippen molar-refractivity contribution in [1.82, 2.24) is 4.57 Å². The average Bonchev–Trinajstić information content (AvgIpc) is 3.24. The van der Waals surface area contributed by atoms with Crippen LogP contribution in [0.15, 0.2) is 114 Å². The molecule has 0 bridgehead atoms. The zero-order chi connectivity index (χ0) is 25.1. The zero-order valence-electron chi connectivity index (χ0n) is 19.3. The number of hydrogen-bond donors (Lipinski definition) is 1. The topological polar surface area (TPSA) is 68.2 Å². The highest BCUT2D eigenvalue weighted by Gasteiger charge is 2.23. The summed E-state index contributed by atoms with van der Waals surface area (Å²) >= 11 is 0. The molecule has 0 spiro atoms. The van der Waals surface area contributed by atoms with Gasteiger partial charge in [-0.25, -0.2) is 12.8 Å². The highest BCUT2D eigenvalue weighted by Crippen LogP contribution is 2.30. The van der Waals surface area contributed by atoms with Gasteiger partial charge in [0.05, 0.1) is 10.6 Å². The van der Waals surface area contributed by atoms with Crippen LogP contribution in [0.4, 0.5) is 10.1 Å². The molecule has 0 saturated carbocycles. The van der Waals surface area contributed by atoms with Crippen LogP contribution >= 0.6 is 0 Å². The van der Waals surface area contributed by atoms with Crippen LogP contribution in [-0.2, 0) is 26.9 Å². The molecular weight excluding hydrogens is 475 g/mol. The predicted molar refractivity (Wildman–Crippen MR) is 140 cm³/mol. The van der Waals surface area contributed by atoms with Crippen LogP contribution in [0, 0.1) is 5.82 Å². The monoisotopic (exact) mass is 498 g/mol. The van der Waals surface area contributed by atoms with Crippen molar-refractivity contribution in [3.05, 3.63) is 121 Å². The number of rotatable bonds is 7. The number of nitrogens with zero attached hydrogens (tertiary/aromatic N) is 1. The highest BCUT2D eigenvalue weighted by atomic mass is 32.2. The molecule has 0 aliphatic carbocycles. The Bertz CT molecular complexity index is 1660. The third-order valence-corrected chi connectivity index (χ3v) is 7.64. The average molecular weight is 499 g/mol. The molecular formula is C29H23FN2O3S. The second-order valence-corrected chi connectivity index (χ2v) is 10.4. The lowest BCUT2D eigenvalue weighted by atomic mass is 10.0. The minimum absolute atomic E-state index is 0.0703. The number of amides is 1. The summed E-state index contributed by atoms with van der Waals surface area (Å²) in [6, 6.07) is 29.9. The smallest absolute Gasteiger partial charge is 0.244 e. The maximum absolute atomic E-state index is 13.6. The van der Waals surface area contributed by atoms with E-state index >= 15 is 0 Å². The maximum atomic E-state index is 13.6. The van der Waals surface area contributed by atoms with Gasteiger partial charge < -0.3 is 9.88 Å². The second-order valence-electron chi connectivity index (χ2n) is 8.49. The van der Waals surface area contributed by atoms with E-state index in [1.165, 1.54) is 24.4 Å². The van der Waals surface area contributed by atoms with Crippen LogP contribution in [-0.4, -0.2) is 18.9 Å². The number of benzene rings is 4. The minimum Gasteiger partial charge on any atom is -0.337 e. The second kappa shape index (κ2) is 9.79. The van der Waals surface area contributed by atoms with Crippen molar-refractivity contribution < 1.29 is 17.6 Å². The van der Waals surface area contributed by atoms with Crippen molar-refractivity contribution in [3.8, 4) is 11.1 Å². The van der Waals surface area contributed by atoms with Gasteiger partial charge >= 0.3 is 0 Å². The van der Waals surface area contributed by atoms with Gasteiger partial charge in [0.2, 0.25) is 5.91 Å². The van der Waals surface area contributed by atoms with E-state index < -0.39 is 15.7 Å². The molecule has 7 heteroatoms. The predicted octanol–water partition coefficient (Wildman–Crippen LogP) is 6.06. The van der Waals surface area contributed by atoms with Gasteiger partial charge in [0, 0.05) is 28.4 Å². The lowest BCUT2D eigenvalue weighted by Crippen LogP contribution is -2.18. The molecule has 1 heterocycles. The van der Waals surface area contributed by atoms with E-state index in [9.17, 15) is 17.6 Å². The highest BCUT2D eigenvalue weighted by molar-refractivity contribution is 7.90. The fraction of sp³-hybridized carbons (Fsp3) is 0.0690. The van der Waals surface area contributed by atoms with Crippen LogP contribution in [0.1, 0.15) is 5.56 Å². The SMILES string of the molecule is O=C(Cn1cc(S(=O)(=O)Cc2cccc(F)c2)c2ccccc21)Nc1ccccc1-c1ccccc1. The number of anilines is 1. The first-order chi connectivity index (χ1) is 17.4. The van der Waals surface area contributed by atoms with Gasteiger partial charge in [-0.1, -0.05) is 78.9 Å². The molecule has 1 aromatic heterocycles. The Balaban J connectivity index is 1.44. The van der Waals surface area contributed by atoms with Gasteiger partial charge in [0.25, 0.3) is 0 Å². The van der Waals surface area contributed by atoms with E-state index in [0.29, 0.717) is 22.2 Å². The number of halogens is 1. The molecule has 0 unspecified atom stereocenters. The molecule has 0 aliphatic heterocycles.